The molecule has 1 amide bonds. The lowest BCUT2D eigenvalue weighted by Gasteiger charge is -2.38. The van der Waals surface area contributed by atoms with Gasteiger partial charge in [0, 0.05) is 12.0 Å². The molecule has 7 nitrogen and oxygen atoms in total. The van der Waals surface area contributed by atoms with Crippen LogP contribution in [0.2, 0.25) is 0 Å². The molecule has 0 spiro atoms. The molecular weight excluding hydrogens is 416 g/mol. The van der Waals surface area contributed by atoms with Crippen LogP contribution in [0.4, 0.5) is 5.69 Å². The molecule has 0 saturated carbocycles. The first-order chi connectivity index (χ1) is 14.5. The second kappa shape index (κ2) is 8.78. The van der Waals surface area contributed by atoms with Crippen molar-refractivity contribution in [3.05, 3.63) is 54.1 Å². The molecule has 2 aromatic carbocycles. The molecule has 0 radical (unpaired) electrons. The zero-order valence-electron chi connectivity index (χ0n) is 18.6. The van der Waals surface area contributed by atoms with Gasteiger partial charge in [-0.1, -0.05) is 18.2 Å². The fourth-order valence-electron chi connectivity index (χ4n) is 3.89. The first-order valence-electron chi connectivity index (χ1n) is 10.3. The summed E-state index contributed by atoms with van der Waals surface area (Å²) in [7, 11) is -3.70. The largest absolute Gasteiger partial charge is 0.494 e. The fourth-order valence-corrected chi connectivity index (χ4v) is 5.06. The van der Waals surface area contributed by atoms with Crippen molar-refractivity contribution in [2.75, 3.05) is 17.2 Å². The maximum Gasteiger partial charge on any atom is 0.244 e. The number of anilines is 1. The Labute approximate surface area is 184 Å². The van der Waals surface area contributed by atoms with Gasteiger partial charge in [-0.2, -0.15) is 0 Å². The van der Waals surface area contributed by atoms with Crippen LogP contribution in [-0.2, 0) is 14.8 Å². The Bertz CT molecular complexity index is 1030. The van der Waals surface area contributed by atoms with E-state index in [-0.39, 0.29) is 11.9 Å². The van der Waals surface area contributed by atoms with E-state index in [1.807, 2.05) is 45.0 Å². The van der Waals surface area contributed by atoms with E-state index in [0.717, 1.165) is 21.9 Å². The molecule has 8 heteroatoms. The maximum atomic E-state index is 13.2. The standard InChI is InChI=1S/C23H30N2O5S/c1-6-29-18-13-11-17(12-14-18)25(31(5,27)28)16(2)22(26)24-20-15-23(3,4)30-21-10-8-7-9-19(20)21/h7-14,16,20H,6,15H2,1-5H3,(H,24,26). The maximum absolute atomic E-state index is 13.2. The summed E-state index contributed by atoms with van der Waals surface area (Å²) in [6.45, 7) is 7.90. The lowest BCUT2D eigenvalue weighted by atomic mass is 9.89. The van der Waals surface area contributed by atoms with Crippen molar-refractivity contribution in [2.24, 2.45) is 0 Å². The Kier molecular flexibility index (Phi) is 6.50. The molecule has 0 bridgehead atoms. The highest BCUT2D eigenvalue weighted by Crippen LogP contribution is 2.39. The number of carbonyl (C=O) groups excluding carboxylic acids is 1. The van der Waals surface area contributed by atoms with Gasteiger partial charge in [-0.05, 0) is 58.0 Å². The highest BCUT2D eigenvalue weighted by atomic mass is 32.2. The number of carbonyl (C=O) groups is 1. The molecule has 1 aliphatic heterocycles. The molecule has 0 saturated heterocycles. The zero-order valence-corrected chi connectivity index (χ0v) is 19.4. The third-order valence-corrected chi connectivity index (χ3v) is 6.43. The van der Waals surface area contributed by atoms with Crippen molar-refractivity contribution >= 4 is 21.6 Å². The van der Waals surface area contributed by atoms with Gasteiger partial charge < -0.3 is 14.8 Å². The minimum Gasteiger partial charge on any atom is -0.494 e. The number of para-hydroxylation sites is 1. The van der Waals surface area contributed by atoms with E-state index in [1.54, 1.807) is 31.2 Å². The number of benzene rings is 2. The van der Waals surface area contributed by atoms with E-state index in [1.165, 1.54) is 0 Å². The molecular formula is C23H30N2O5S. The van der Waals surface area contributed by atoms with Crippen molar-refractivity contribution < 1.29 is 22.7 Å². The number of rotatable bonds is 7. The summed E-state index contributed by atoms with van der Waals surface area (Å²) < 4.78 is 37.7. The predicted octanol–water partition coefficient (Wildman–Crippen LogP) is 3.66. The molecule has 3 rings (SSSR count). The number of fused-ring (bicyclic) bond motifs is 1. The third kappa shape index (κ3) is 5.31. The van der Waals surface area contributed by atoms with Crippen LogP contribution in [0.5, 0.6) is 11.5 Å². The summed E-state index contributed by atoms with van der Waals surface area (Å²) in [5.74, 6) is 0.984. The Hall–Kier alpha value is -2.74. The van der Waals surface area contributed by atoms with Crippen molar-refractivity contribution in [1.29, 1.82) is 0 Å². The van der Waals surface area contributed by atoms with Crippen LogP contribution in [0.15, 0.2) is 48.5 Å². The van der Waals surface area contributed by atoms with Gasteiger partial charge in [-0.25, -0.2) is 8.42 Å². The predicted molar refractivity (Wildman–Crippen MR) is 121 cm³/mol. The topological polar surface area (TPSA) is 84.9 Å². The van der Waals surface area contributed by atoms with Gasteiger partial charge in [-0.15, -0.1) is 0 Å². The summed E-state index contributed by atoms with van der Waals surface area (Å²) in [5, 5.41) is 3.03. The average Bonchev–Trinajstić information content (AvgIpc) is 2.67. The van der Waals surface area contributed by atoms with Crippen LogP contribution in [0.3, 0.4) is 0 Å². The second-order valence-corrected chi connectivity index (χ2v) is 10.2. The van der Waals surface area contributed by atoms with Gasteiger partial charge in [0.2, 0.25) is 15.9 Å². The normalized spacial score (nSPS) is 18.3. The van der Waals surface area contributed by atoms with Crippen LogP contribution < -0.4 is 19.1 Å². The van der Waals surface area contributed by atoms with E-state index < -0.39 is 21.7 Å². The molecule has 2 atom stereocenters. The van der Waals surface area contributed by atoms with E-state index in [4.69, 9.17) is 9.47 Å². The van der Waals surface area contributed by atoms with Gasteiger partial charge in [0.05, 0.1) is 24.6 Å². The van der Waals surface area contributed by atoms with E-state index in [9.17, 15) is 13.2 Å². The summed E-state index contributed by atoms with van der Waals surface area (Å²) in [6.07, 6.45) is 1.67. The first-order valence-corrected chi connectivity index (χ1v) is 12.2. The molecule has 2 aromatic rings. The van der Waals surface area contributed by atoms with Gasteiger partial charge in [0.25, 0.3) is 0 Å². The van der Waals surface area contributed by atoms with E-state index in [0.29, 0.717) is 24.5 Å². The Balaban J connectivity index is 1.85. The molecule has 2 unspecified atom stereocenters. The highest BCUT2D eigenvalue weighted by molar-refractivity contribution is 7.92. The van der Waals surface area contributed by atoms with Gasteiger partial charge >= 0.3 is 0 Å². The first kappa shape index (κ1) is 22.9. The summed E-state index contributed by atoms with van der Waals surface area (Å²) in [4.78, 5) is 13.2. The summed E-state index contributed by atoms with van der Waals surface area (Å²) in [5.41, 5.74) is 0.830. The van der Waals surface area contributed by atoms with Crippen molar-refractivity contribution in [2.45, 2.75) is 51.8 Å². The quantitative estimate of drug-likeness (QED) is 0.702. The Morgan fingerprint density at radius 3 is 2.48 bits per heavy atom. The van der Waals surface area contributed by atoms with Crippen molar-refractivity contribution in [1.82, 2.24) is 5.32 Å². The molecule has 168 valence electrons. The molecule has 1 N–H and O–H groups in total. The molecule has 0 aromatic heterocycles. The summed E-state index contributed by atoms with van der Waals surface area (Å²) in [6, 6.07) is 13.0. The highest BCUT2D eigenvalue weighted by Gasteiger charge is 2.36. The van der Waals surface area contributed by atoms with E-state index in [2.05, 4.69) is 5.32 Å². The average molecular weight is 447 g/mol. The lowest BCUT2D eigenvalue weighted by molar-refractivity contribution is -0.123. The SMILES string of the molecule is CCOc1ccc(N(C(C)C(=O)NC2CC(C)(C)Oc3ccccc32)S(C)(=O)=O)cc1. The van der Waals surface area contributed by atoms with Crippen LogP contribution in [-0.4, -0.2) is 38.8 Å². The van der Waals surface area contributed by atoms with Crippen LogP contribution in [0, 0.1) is 0 Å². The van der Waals surface area contributed by atoms with Gasteiger partial charge in [0.1, 0.15) is 23.1 Å². The van der Waals surface area contributed by atoms with Crippen LogP contribution in [0.25, 0.3) is 0 Å². The number of nitrogens with zero attached hydrogens (tertiary/aromatic N) is 1. The zero-order chi connectivity index (χ0) is 22.8. The minimum atomic E-state index is -3.70. The molecule has 31 heavy (non-hydrogen) atoms. The molecule has 1 aliphatic rings. The Morgan fingerprint density at radius 1 is 1.23 bits per heavy atom. The number of nitrogens with one attached hydrogen (secondary N) is 1. The van der Waals surface area contributed by atoms with Gasteiger partial charge in [0.15, 0.2) is 0 Å². The van der Waals surface area contributed by atoms with Gasteiger partial charge in [-0.3, -0.25) is 9.10 Å². The van der Waals surface area contributed by atoms with Crippen LogP contribution >= 0.6 is 0 Å². The Morgan fingerprint density at radius 2 is 1.87 bits per heavy atom. The lowest BCUT2D eigenvalue weighted by Crippen LogP contribution is -2.50. The number of hydrogen-bond donors (Lipinski definition) is 1. The molecule has 1 heterocycles. The monoisotopic (exact) mass is 446 g/mol. The fraction of sp³-hybridized carbons (Fsp3) is 0.435. The number of ether oxygens (including phenoxy) is 2. The number of hydrogen-bond acceptors (Lipinski definition) is 5. The second-order valence-electron chi connectivity index (χ2n) is 8.33. The van der Waals surface area contributed by atoms with E-state index >= 15 is 0 Å². The smallest absolute Gasteiger partial charge is 0.244 e. The third-order valence-electron chi connectivity index (χ3n) is 5.18. The minimum absolute atomic E-state index is 0.281. The van der Waals surface area contributed by atoms with Crippen molar-refractivity contribution in [3.8, 4) is 11.5 Å². The number of amides is 1. The van der Waals surface area contributed by atoms with Crippen molar-refractivity contribution in [3.63, 3.8) is 0 Å². The molecule has 0 aliphatic carbocycles. The number of sulfonamides is 1. The van der Waals surface area contributed by atoms with Crippen LogP contribution in [0.1, 0.15) is 45.7 Å². The summed E-state index contributed by atoms with van der Waals surface area (Å²) >= 11 is 0. The molecule has 0 fully saturated rings.